The molecular weight excluding hydrogens is 276 g/mol. The minimum absolute atomic E-state index is 0.308. The number of carbonyl (C=O) groups excluding carboxylic acids is 1. The van der Waals surface area contributed by atoms with Gasteiger partial charge in [-0.3, -0.25) is 0 Å². The van der Waals surface area contributed by atoms with E-state index in [2.05, 4.69) is 0 Å². The van der Waals surface area contributed by atoms with Gasteiger partial charge in [-0.25, -0.2) is 4.79 Å². The fraction of sp³-hybridized carbons (Fsp3) is 0.211. The van der Waals surface area contributed by atoms with Crippen LogP contribution >= 0.6 is 0 Å². The third-order valence-electron chi connectivity index (χ3n) is 3.37. The van der Waals surface area contributed by atoms with Crippen LogP contribution in [0.1, 0.15) is 31.1 Å². The topological polar surface area (TPSA) is 35.5 Å². The lowest BCUT2D eigenvalue weighted by molar-refractivity contribution is -0.143. The number of esters is 1. The SMILES string of the molecule is COc1ccc(C(C)OC(=O)C(C)=Cc2ccccc2)cc1. The number of methoxy groups -OCH3 is 1. The van der Waals surface area contributed by atoms with Gasteiger partial charge in [-0.15, -0.1) is 0 Å². The zero-order valence-corrected chi connectivity index (χ0v) is 13.1. The number of benzene rings is 2. The maximum atomic E-state index is 12.1. The van der Waals surface area contributed by atoms with Crippen LogP contribution in [0.5, 0.6) is 5.75 Å². The Hall–Kier alpha value is -2.55. The number of rotatable bonds is 5. The molecule has 0 radical (unpaired) electrons. The van der Waals surface area contributed by atoms with Gasteiger partial charge in [0.2, 0.25) is 0 Å². The van der Waals surface area contributed by atoms with Gasteiger partial charge < -0.3 is 9.47 Å². The second-order valence-electron chi connectivity index (χ2n) is 5.06. The Labute approximate surface area is 131 Å². The summed E-state index contributed by atoms with van der Waals surface area (Å²) in [5.41, 5.74) is 2.49. The quantitative estimate of drug-likeness (QED) is 0.606. The first-order chi connectivity index (χ1) is 10.6. The molecule has 2 aromatic carbocycles. The average molecular weight is 296 g/mol. The van der Waals surface area contributed by atoms with E-state index in [0.29, 0.717) is 5.57 Å². The summed E-state index contributed by atoms with van der Waals surface area (Å²) in [7, 11) is 1.62. The van der Waals surface area contributed by atoms with Crippen LogP contribution in [-0.2, 0) is 9.53 Å². The van der Waals surface area contributed by atoms with Crippen molar-refractivity contribution in [1.82, 2.24) is 0 Å². The Morgan fingerprint density at radius 3 is 2.27 bits per heavy atom. The molecule has 0 aliphatic rings. The van der Waals surface area contributed by atoms with Crippen LogP contribution in [0.15, 0.2) is 60.2 Å². The van der Waals surface area contributed by atoms with E-state index in [9.17, 15) is 4.79 Å². The van der Waals surface area contributed by atoms with Gasteiger partial charge in [0.1, 0.15) is 11.9 Å². The molecule has 3 heteroatoms. The van der Waals surface area contributed by atoms with Crippen molar-refractivity contribution < 1.29 is 14.3 Å². The monoisotopic (exact) mass is 296 g/mol. The van der Waals surface area contributed by atoms with Crippen LogP contribution in [0.4, 0.5) is 0 Å². The summed E-state index contributed by atoms with van der Waals surface area (Å²) in [4.78, 5) is 12.1. The summed E-state index contributed by atoms with van der Waals surface area (Å²) < 4.78 is 10.6. The van der Waals surface area contributed by atoms with Crippen LogP contribution in [0.2, 0.25) is 0 Å². The maximum Gasteiger partial charge on any atom is 0.334 e. The molecule has 0 spiro atoms. The van der Waals surface area contributed by atoms with E-state index in [-0.39, 0.29) is 12.1 Å². The van der Waals surface area contributed by atoms with Crippen molar-refractivity contribution in [3.8, 4) is 5.75 Å². The largest absolute Gasteiger partial charge is 0.497 e. The van der Waals surface area contributed by atoms with Crippen molar-refractivity contribution in [2.24, 2.45) is 0 Å². The molecule has 3 nitrogen and oxygen atoms in total. The van der Waals surface area contributed by atoms with Gasteiger partial charge in [-0.2, -0.15) is 0 Å². The summed E-state index contributed by atoms with van der Waals surface area (Å²) in [5, 5.41) is 0. The highest BCUT2D eigenvalue weighted by Crippen LogP contribution is 2.21. The minimum atomic E-state index is -0.313. The van der Waals surface area contributed by atoms with Gasteiger partial charge in [-0.1, -0.05) is 42.5 Å². The molecular formula is C19H20O3. The van der Waals surface area contributed by atoms with Crippen LogP contribution in [0, 0.1) is 0 Å². The van der Waals surface area contributed by atoms with Gasteiger partial charge in [0.05, 0.1) is 7.11 Å². The van der Waals surface area contributed by atoms with Gasteiger partial charge >= 0.3 is 5.97 Å². The highest BCUT2D eigenvalue weighted by molar-refractivity contribution is 5.93. The molecule has 2 aromatic rings. The number of ether oxygens (including phenoxy) is 2. The number of hydrogen-bond donors (Lipinski definition) is 0. The lowest BCUT2D eigenvalue weighted by Crippen LogP contribution is -2.09. The summed E-state index contributed by atoms with van der Waals surface area (Å²) in [6, 6.07) is 17.2. The molecule has 0 aromatic heterocycles. The Bertz CT molecular complexity index is 642. The third kappa shape index (κ3) is 4.22. The van der Waals surface area contributed by atoms with Crippen molar-refractivity contribution >= 4 is 12.0 Å². The molecule has 0 bridgehead atoms. The smallest absolute Gasteiger partial charge is 0.334 e. The first-order valence-electron chi connectivity index (χ1n) is 7.18. The van der Waals surface area contributed by atoms with Crippen molar-refractivity contribution in [1.29, 1.82) is 0 Å². The molecule has 1 atom stereocenters. The highest BCUT2D eigenvalue weighted by atomic mass is 16.5. The van der Waals surface area contributed by atoms with Crippen molar-refractivity contribution in [2.75, 3.05) is 7.11 Å². The summed E-state index contributed by atoms with van der Waals surface area (Å²) in [5.74, 6) is 0.467. The van der Waals surface area contributed by atoms with Gasteiger partial charge in [0, 0.05) is 5.57 Å². The zero-order valence-electron chi connectivity index (χ0n) is 13.1. The van der Waals surface area contributed by atoms with E-state index in [1.807, 2.05) is 67.6 Å². The fourth-order valence-corrected chi connectivity index (χ4v) is 2.05. The first-order valence-corrected chi connectivity index (χ1v) is 7.18. The zero-order chi connectivity index (χ0) is 15.9. The molecule has 0 heterocycles. The van der Waals surface area contributed by atoms with E-state index in [1.54, 1.807) is 14.0 Å². The molecule has 0 fully saturated rings. The molecule has 0 amide bonds. The second-order valence-corrected chi connectivity index (χ2v) is 5.06. The molecule has 1 unspecified atom stereocenters. The predicted molar refractivity (Wildman–Crippen MR) is 87.6 cm³/mol. The van der Waals surface area contributed by atoms with E-state index in [0.717, 1.165) is 16.9 Å². The second kappa shape index (κ2) is 7.46. The van der Waals surface area contributed by atoms with Crippen LogP contribution in [-0.4, -0.2) is 13.1 Å². The molecule has 2 rings (SSSR count). The molecule has 0 N–H and O–H groups in total. The van der Waals surface area contributed by atoms with Gasteiger partial charge in [0.15, 0.2) is 0 Å². The Balaban J connectivity index is 2.02. The van der Waals surface area contributed by atoms with Crippen molar-refractivity contribution in [3.05, 3.63) is 71.3 Å². The van der Waals surface area contributed by atoms with E-state index >= 15 is 0 Å². The van der Waals surface area contributed by atoms with Crippen LogP contribution in [0.25, 0.3) is 6.08 Å². The highest BCUT2D eigenvalue weighted by Gasteiger charge is 2.13. The van der Waals surface area contributed by atoms with E-state index < -0.39 is 0 Å². The number of hydrogen-bond acceptors (Lipinski definition) is 3. The van der Waals surface area contributed by atoms with Crippen LogP contribution < -0.4 is 4.74 Å². The molecule has 0 aliphatic carbocycles. The molecule has 0 aliphatic heterocycles. The lowest BCUT2D eigenvalue weighted by Gasteiger charge is -2.14. The Morgan fingerprint density at radius 2 is 1.68 bits per heavy atom. The maximum absolute atomic E-state index is 12.1. The van der Waals surface area contributed by atoms with Crippen molar-refractivity contribution in [2.45, 2.75) is 20.0 Å². The number of carbonyl (C=O) groups is 1. The van der Waals surface area contributed by atoms with E-state index in [4.69, 9.17) is 9.47 Å². The fourth-order valence-electron chi connectivity index (χ4n) is 2.05. The molecule has 22 heavy (non-hydrogen) atoms. The minimum Gasteiger partial charge on any atom is -0.497 e. The van der Waals surface area contributed by atoms with Gasteiger partial charge in [0.25, 0.3) is 0 Å². The van der Waals surface area contributed by atoms with Crippen molar-refractivity contribution in [3.63, 3.8) is 0 Å². The average Bonchev–Trinajstić information content (AvgIpc) is 2.55. The predicted octanol–water partition coefficient (Wildman–Crippen LogP) is 4.40. The third-order valence-corrected chi connectivity index (χ3v) is 3.37. The Morgan fingerprint density at radius 1 is 1.05 bits per heavy atom. The first kappa shape index (κ1) is 15.8. The normalized spacial score (nSPS) is 12.6. The summed E-state index contributed by atoms with van der Waals surface area (Å²) in [6.07, 6.45) is 1.51. The van der Waals surface area contributed by atoms with E-state index in [1.165, 1.54) is 0 Å². The lowest BCUT2D eigenvalue weighted by atomic mass is 10.1. The molecule has 114 valence electrons. The van der Waals surface area contributed by atoms with Gasteiger partial charge in [-0.05, 0) is 43.2 Å². The van der Waals surface area contributed by atoms with Crippen LogP contribution in [0.3, 0.4) is 0 Å². The molecule has 0 saturated heterocycles. The Kier molecular flexibility index (Phi) is 5.37. The standard InChI is InChI=1S/C19H20O3/c1-14(13-16-7-5-4-6-8-16)19(20)22-15(2)17-9-11-18(21-3)12-10-17/h4-13,15H,1-3H3. The molecule has 0 saturated carbocycles. The summed E-state index contributed by atoms with van der Waals surface area (Å²) >= 11 is 0. The summed E-state index contributed by atoms with van der Waals surface area (Å²) in [6.45, 7) is 3.62.